The summed E-state index contributed by atoms with van der Waals surface area (Å²) in [6.07, 6.45) is 2.56. The second-order valence-electron chi connectivity index (χ2n) is 7.59. The van der Waals surface area contributed by atoms with Gasteiger partial charge in [-0.2, -0.15) is 0 Å². The topological polar surface area (TPSA) is 49.4 Å². The van der Waals surface area contributed by atoms with Gasteiger partial charge in [0.15, 0.2) is 0 Å². The van der Waals surface area contributed by atoms with Crippen LogP contribution in [0.1, 0.15) is 54.9 Å². The van der Waals surface area contributed by atoms with Gasteiger partial charge in [-0.25, -0.2) is 0 Å². The lowest BCUT2D eigenvalue weighted by Crippen LogP contribution is -2.27. The molecule has 2 amide bonds. The van der Waals surface area contributed by atoms with Gasteiger partial charge in [-0.05, 0) is 48.4 Å². The van der Waals surface area contributed by atoms with Crippen LogP contribution in [-0.2, 0) is 4.79 Å². The molecule has 1 aliphatic heterocycles. The first-order valence-electron chi connectivity index (χ1n) is 9.78. The highest BCUT2D eigenvalue weighted by molar-refractivity contribution is 5.97. The minimum Gasteiger partial charge on any atom is -0.339 e. The van der Waals surface area contributed by atoms with Gasteiger partial charge < -0.3 is 10.2 Å². The molecule has 0 bridgehead atoms. The number of nitrogens with one attached hydrogen (secondary N) is 1. The van der Waals surface area contributed by atoms with Gasteiger partial charge in [-0.1, -0.05) is 50.2 Å². The minimum atomic E-state index is -0.0247. The van der Waals surface area contributed by atoms with Crippen LogP contribution in [0.5, 0.6) is 0 Å². The number of carbonyl (C=O) groups excluding carboxylic acids is 2. The van der Waals surface area contributed by atoms with E-state index in [9.17, 15) is 9.59 Å². The molecule has 1 heterocycles. The van der Waals surface area contributed by atoms with Gasteiger partial charge in [0.2, 0.25) is 5.91 Å². The third-order valence-electron chi connectivity index (χ3n) is 5.22. The van der Waals surface area contributed by atoms with Crippen molar-refractivity contribution in [3.8, 4) is 0 Å². The highest BCUT2D eigenvalue weighted by Gasteiger charge is 2.21. The Morgan fingerprint density at radius 1 is 1.00 bits per heavy atom. The summed E-state index contributed by atoms with van der Waals surface area (Å²) >= 11 is 0. The number of amides is 2. The summed E-state index contributed by atoms with van der Waals surface area (Å²) < 4.78 is 0. The summed E-state index contributed by atoms with van der Waals surface area (Å²) in [5.74, 6) is 0.554. The van der Waals surface area contributed by atoms with Crippen LogP contribution in [-0.4, -0.2) is 29.8 Å². The normalized spacial score (nSPS) is 15.0. The van der Waals surface area contributed by atoms with Crippen molar-refractivity contribution >= 4 is 17.5 Å². The van der Waals surface area contributed by atoms with E-state index in [0.29, 0.717) is 23.6 Å². The second-order valence-corrected chi connectivity index (χ2v) is 7.59. The molecule has 0 aromatic heterocycles. The monoisotopic (exact) mass is 364 g/mol. The summed E-state index contributed by atoms with van der Waals surface area (Å²) in [6.45, 7) is 5.92. The van der Waals surface area contributed by atoms with E-state index in [1.807, 2.05) is 41.3 Å². The quantitative estimate of drug-likeness (QED) is 0.808. The van der Waals surface area contributed by atoms with Gasteiger partial charge in [0.1, 0.15) is 0 Å². The summed E-state index contributed by atoms with van der Waals surface area (Å²) in [6, 6.07) is 17.4. The predicted octanol–water partition coefficient (Wildman–Crippen LogP) is 4.69. The second kappa shape index (κ2) is 8.85. The molecule has 0 aliphatic carbocycles. The molecule has 2 aromatic carbocycles. The maximum atomic E-state index is 12.6. The Balaban J connectivity index is 1.66. The van der Waals surface area contributed by atoms with E-state index in [1.54, 1.807) is 6.07 Å². The zero-order valence-corrected chi connectivity index (χ0v) is 16.2. The molecule has 1 aliphatic rings. The third kappa shape index (κ3) is 4.97. The van der Waals surface area contributed by atoms with Crippen LogP contribution in [0.2, 0.25) is 0 Å². The lowest BCUT2D eigenvalue weighted by Gasteiger charge is -2.21. The third-order valence-corrected chi connectivity index (χ3v) is 5.22. The van der Waals surface area contributed by atoms with Crippen LogP contribution in [0.15, 0.2) is 54.6 Å². The first kappa shape index (κ1) is 19.2. The molecule has 1 saturated heterocycles. The maximum Gasteiger partial charge on any atom is 0.253 e. The Labute approximate surface area is 161 Å². The Bertz CT molecular complexity index is 780. The predicted molar refractivity (Wildman–Crippen MR) is 109 cm³/mol. The average Bonchev–Trinajstić information content (AvgIpc) is 3.21. The largest absolute Gasteiger partial charge is 0.339 e. The molecular formula is C23H28N2O2. The molecular weight excluding hydrogens is 336 g/mol. The van der Waals surface area contributed by atoms with Crippen molar-refractivity contribution in [3.63, 3.8) is 0 Å². The van der Waals surface area contributed by atoms with E-state index in [0.717, 1.165) is 25.9 Å². The van der Waals surface area contributed by atoms with Gasteiger partial charge in [-0.15, -0.1) is 0 Å². The summed E-state index contributed by atoms with van der Waals surface area (Å²) in [4.78, 5) is 27.1. The van der Waals surface area contributed by atoms with Gasteiger partial charge in [0.25, 0.3) is 5.91 Å². The van der Waals surface area contributed by atoms with Crippen LogP contribution < -0.4 is 5.32 Å². The van der Waals surface area contributed by atoms with Crippen molar-refractivity contribution in [1.29, 1.82) is 0 Å². The van der Waals surface area contributed by atoms with Crippen molar-refractivity contribution in [1.82, 2.24) is 4.90 Å². The number of benzene rings is 2. The summed E-state index contributed by atoms with van der Waals surface area (Å²) in [5.41, 5.74) is 2.50. The number of hydrogen-bond acceptors (Lipinski definition) is 2. The Morgan fingerprint density at radius 2 is 1.70 bits per heavy atom. The van der Waals surface area contributed by atoms with E-state index in [1.165, 1.54) is 5.56 Å². The molecule has 0 radical (unpaired) electrons. The minimum absolute atomic E-state index is 0.0247. The van der Waals surface area contributed by atoms with Crippen molar-refractivity contribution in [3.05, 3.63) is 65.7 Å². The average molecular weight is 364 g/mol. The SMILES string of the molecule is CC(C)C(CC(=O)Nc1cccc(C(=O)N2CCCC2)c1)c1ccccc1. The van der Waals surface area contributed by atoms with E-state index in [-0.39, 0.29) is 17.7 Å². The molecule has 0 saturated carbocycles. The van der Waals surface area contributed by atoms with Crippen molar-refractivity contribution in [2.45, 2.75) is 39.0 Å². The fourth-order valence-corrected chi connectivity index (χ4v) is 3.68. The van der Waals surface area contributed by atoms with Gasteiger partial charge >= 0.3 is 0 Å². The number of carbonyl (C=O) groups is 2. The summed E-state index contributed by atoms with van der Waals surface area (Å²) in [7, 11) is 0. The molecule has 4 nitrogen and oxygen atoms in total. The molecule has 2 aromatic rings. The standard InChI is InChI=1S/C23H28N2O2/c1-17(2)21(18-9-4-3-5-10-18)16-22(26)24-20-12-8-11-19(15-20)23(27)25-13-6-7-14-25/h3-5,8-12,15,17,21H,6-7,13-14,16H2,1-2H3,(H,24,26). The summed E-state index contributed by atoms with van der Waals surface area (Å²) in [5, 5.41) is 2.97. The van der Waals surface area contributed by atoms with Gasteiger partial charge in [0.05, 0.1) is 0 Å². The van der Waals surface area contributed by atoms with E-state index in [2.05, 4.69) is 31.3 Å². The molecule has 142 valence electrons. The van der Waals surface area contributed by atoms with Crippen molar-refractivity contribution in [2.75, 3.05) is 18.4 Å². The molecule has 1 fully saturated rings. The Morgan fingerprint density at radius 3 is 2.37 bits per heavy atom. The Hall–Kier alpha value is -2.62. The highest BCUT2D eigenvalue weighted by Crippen LogP contribution is 2.28. The van der Waals surface area contributed by atoms with Gasteiger partial charge in [-0.3, -0.25) is 9.59 Å². The fraction of sp³-hybridized carbons (Fsp3) is 0.391. The number of anilines is 1. The van der Waals surface area contributed by atoms with Crippen LogP contribution >= 0.6 is 0 Å². The van der Waals surface area contributed by atoms with Crippen LogP contribution in [0.4, 0.5) is 5.69 Å². The number of nitrogens with zero attached hydrogens (tertiary/aromatic N) is 1. The molecule has 3 rings (SSSR count). The maximum absolute atomic E-state index is 12.6. The molecule has 1 unspecified atom stereocenters. The Kier molecular flexibility index (Phi) is 6.28. The lowest BCUT2D eigenvalue weighted by molar-refractivity contribution is -0.116. The zero-order valence-electron chi connectivity index (χ0n) is 16.2. The first-order chi connectivity index (χ1) is 13.0. The fourth-order valence-electron chi connectivity index (χ4n) is 3.68. The van der Waals surface area contributed by atoms with Crippen LogP contribution in [0.25, 0.3) is 0 Å². The molecule has 1 atom stereocenters. The highest BCUT2D eigenvalue weighted by atomic mass is 16.2. The molecule has 27 heavy (non-hydrogen) atoms. The molecule has 1 N–H and O–H groups in total. The van der Waals surface area contributed by atoms with Crippen LogP contribution in [0.3, 0.4) is 0 Å². The van der Waals surface area contributed by atoms with Gasteiger partial charge in [0, 0.05) is 30.8 Å². The smallest absolute Gasteiger partial charge is 0.253 e. The van der Waals surface area contributed by atoms with E-state index >= 15 is 0 Å². The number of hydrogen-bond donors (Lipinski definition) is 1. The number of likely N-dealkylation sites (tertiary alicyclic amines) is 1. The zero-order chi connectivity index (χ0) is 19.2. The van der Waals surface area contributed by atoms with Crippen LogP contribution in [0, 0.1) is 5.92 Å². The van der Waals surface area contributed by atoms with Crippen molar-refractivity contribution in [2.24, 2.45) is 5.92 Å². The lowest BCUT2D eigenvalue weighted by atomic mass is 9.85. The van der Waals surface area contributed by atoms with E-state index in [4.69, 9.17) is 0 Å². The number of rotatable bonds is 6. The molecule has 0 spiro atoms. The van der Waals surface area contributed by atoms with Crippen molar-refractivity contribution < 1.29 is 9.59 Å². The molecule has 4 heteroatoms. The first-order valence-corrected chi connectivity index (χ1v) is 9.78. The van der Waals surface area contributed by atoms with E-state index < -0.39 is 0 Å².